The predicted molar refractivity (Wildman–Crippen MR) is 179 cm³/mol. The second-order valence-corrected chi connectivity index (χ2v) is 14.5. The summed E-state index contributed by atoms with van der Waals surface area (Å²) in [7, 11) is 0. The van der Waals surface area contributed by atoms with Crippen molar-refractivity contribution in [3.8, 4) is 11.3 Å². The third-order valence-electron chi connectivity index (χ3n) is 8.06. The molecule has 0 bridgehead atoms. The Morgan fingerprint density at radius 1 is 0.962 bits per heavy atom. The van der Waals surface area contributed by atoms with Gasteiger partial charge >= 0.3 is 12.2 Å². The lowest BCUT2D eigenvalue weighted by Crippen LogP contribution is -2.63. The number of amides is 2. The molecule has 13 nitrogen and oxygen atoms in total. The van der Waals surface area contributed by atoms with Crippen molar-refractivity contribution in [3.05, 3.63) is 60.1 Å². The third-order valence-corrected chi connectivity index (χ3v) is 8.06. The van der Waals surface area contributed by atoms with Gasteiger partial charge in [0.25, 0.3) is 6.43 Å². The molecule has 18 heteroatoms. The first kappa shape index (κ1) is 38.3. The van der Waals surface area contributed by atoms with Gasteiger partial charge in [0.05, 0.1) is 36.0 Å². The maximum absolute atomic E-state index is 14.9. The first-order chi connectivity index (χ1) is 24.2. The third kappa shape index (κ3) is 8.22. The number of aliphatic hydroxyl groups is 1. The highest BCUT2D eigenvalue weighted by atomic mass is 19.3. The number of ether oxygens (including phenoxy) is 2. The smallest absolute Gasteiger partial charge is 0.425 e. The molecule has 280 valence electrons. The van der Waals surface area contributed by atoms with Gasteiger partial charge in [-0.25, -0.2) is 46.5 Å². The molecule has 4 aromatic rings. The van der Waals surface area contributed by atoms with E-state index >= 15 is 0 Å². The highest BCUT2D eigenvalue weighted by molar-refractivity contribution is 6.12. The molecule has 0 unspecified atom stereocenters. The van der Waals surface area contributed by atoms with Gasteiger partial charge in [-0.2, -0.15) is 4.90 Å². The van der Waals surface area contributed by atoms with Crippen molar-refractivity contribution in [1.82, 2.24) is 24.5 Å². The van der Waals surface area contributed by atoms with Crippen LogP contribution in [-0.4, -0.2) is 84.2 Å². The predicted octanol–water partition coefficient (Wildman–Crippen LogP) is 5.95. The Balaban J connectivity index is 1.62. The number of hydrogen-bond donors (Lipinski definition) is 2. The van der Waals surface area contributed by atoms with Crippen LogP contribution in [0.25, 0.3) is 22.4 Å². The van der Waals surface area contributed by atoms with Gasteiger partial charge in [0.15, 0.2) is 28.6 Å². The van der Waals surface area contributed by atoms with Gasteiger partial charge in [-0.3, -0.25) is 4.98 Å². The number of piperidine rings is 1. The maximum atomic E-state index is 14.9. The average Bonchev–Trinajstić information content (AvgIpc) is 3.44. The molecule has 4 heterocycles. The Hall–Kier alpha value is -4.97. The van der Waals surface area contributed by atoms with Gasteiger partial charge in [-0.15, -0.1) is 0 Å². The van der Waals surface area contributed by atoms with E-state index in [1.807, 2.05) is 0 Å². The Morgan fingerprint density at radius 2 is 1.60 bits per heavy atom. The summed E-state index contributed by atoms with van der Waals surface area (Å²) in [4.78, 5) is 46.1. The number of aromatic nitrogens is 5. The van der Waals surface area contributed by atoms with Crippen LogP contribution >= 0.6 is 0 Å². The molecule has 2 amide bonds. The number of imidazole rings is 1. The highest BCUT2D eigenvalue weighted by Crippen LogP contribution is 2.35. The SMILES string of the molecule is CC(C)(C)OC(=O)N(C(=O)OC(C)(C)C)c1ncnc2c1ncn2Cc1cc(-c2cc(F)c(F)cc2F)ncc1N1CCC[C@](N)([C@H](O)C(F)F)C1. The van der Waals surface area contributed by atoms with Crippen LogP contribution in [0, 0.1) is 17.5 Å². The van der Waals surface area contributed by atoms with Crippen LogP contribution in [-0.2, 0) is 16.0 Å². The molecule has 52 heavy (non-hydrogen) atoms. The molecule has 3 aromatic heterocycles. The molecule has 2 atom stereocenters. The van der Waals surface area contributed by atoms with Gasteiger partial charge in [0, 0.05) is 24.7 Å². The van der Waals surface area contributed by atoms with E-state index in [1.165, 1.54) is 23.2 Å². The fourth-order valence-corrected chi connectivity index (χ4v) is 5.77. The summed E-state index contributed by atoms with van der Waals surface area (Å²) < 4.78 is 82.7. The van der Waals surface area contributed by atoms with Crippen LogP contribution in [0.2, 0.25) is 0 Å². The molecule has 1 aromatic carbocycles. The Kier molecular flexibility index (Phi) is 10.5. The number of nitrogens with two attached hydrogens (primary N) is 1. The summed E-state index contributed by atoms with van der Waals surface area (Å²) in [5, 5.41) is 10.3. The quantitative estimate of drug-likeness (QED) is 0.170. The molecule has 1 aliphatic heterocycles. The van der Waals surface area contributed by atoms with E-state index in [-0.39, 0.29) is 47.7 Å². The molecule has 1 saturated heterocycles. The zero-order valence-corrected chi connectivity index (χ0v) is 29.3. The number of aliphatic hydroxyl groups excluding tert-OH is 1. The Morgan fingerprint density at radius 3 is 2.21 bits per heavy atom. The maximum Gasteiger partial charge on any atom is 0.425 e. The lowest BCUT2D eigenvalue weighted by atomic mass is 9.84. The van der Waals surface area contributed by atoms with Crippen molar-refractivity contribution in [2.24, 2.45) is 5.73 Å². The van der Waals surface area contributed by atoms with Crippen molar-refractivity contribution in [3.63, 3.8) is 0 Å². The van der Waals surface area contributed by atoms with Crippen LogP contribution in [0.5, 0.6) is 0 Å². The van der Waals surface area contributed by atoms with E-state index in [0.29, 0.717) is 41.2 Å². The minimum absolute atomic E-state index is 0.0132. The van der Waals surface area contributed by atoms with Crippen LogP contribution in [0.3, 0.4) is 0 Å². The zero-order chi connectivity index (χ0) is 38.3. The summed E-state index contributed by atoms with van der Waals surface area (Å²) in [6.45, 7) is 9.67. The van der Waals surface area contributed by atoms with Crippen LogP contribution in [0.1, 0.15) is 59.9 Å². The van der Waals surface area contributed by atoms with Gasteiger partial charge in [-0.1, -0.05) is 0 Å². The van der Waals surface area contributed by atoms with Crippen molar-refractivity contribution in [1.29, 1.82) is 0 Å². The summed E-state index contributed by atoms with van der Waals surface area (Å²) in [5.41, 5.74) is 2.98. The standard InChI is InChI=1S/C34H39F5N8O5/c1-32(2,3)51-30(49)47(31(50)52-33(4,5)6)29-25-28(42-16-43-29)46(17-44-25)14-18-10-23(19-11-21(36)22(37)12-20(19)35)41-13-24(18)45-9-7-8-34(40,15-45)26(48)27(38)39/h10-13,16-17,26-27,48H,7-9,14-15,40H2,1-6H3/t26-,34-/m1/s1. The molecular weight excluding hydrogens is 695 g/mol. The highest BCUT2D eigenvalue weighted by Gasteiger charge is 2.43. The first-order valence-corrected chi connectivity index (χ1v) is 16.2. The van der Waals surface area contributed by atoms with Crippen LogP contribution in [0.15, 0.2) is 37.1 Å². The number of alkyl halides is 2. The van der Waals surface area contributed by atoms with E-state index in [2.05, 4.69) is 19.9 Å². The van der Waals surface area contributed by atoms with Gasteiger partial charge in [-0.05, 0) is 72.1 Å². The number of anilines is 2. The number of hydrogen-bond acceptors (Lipinski definition) is 11. The summed E-state index contributed by atoms with van der Waals surface area (Å²) in [6.07, 6.45) is -3.25. The fraction of sp³-hybridized carbons (Fsp3) is 0.471. The molecule has 1 aliphatic rings. The zero-order valence-electron chi connectivity index (χ0n) is 29.3. The number of benzene rings is 1. The number of rotatable bonds is 7. The molecule has 1 fully saturated rings. The van der Waals surface area contributed by atoms with E-state index in [1.54, 1.807) is 46.4 Å². The van der Waals surface area contributed by atoms with Crippen molar-refractivity contribution in [2.45, 2.75) is 90.2 Å². The number of halogens is 5. The number of carbonyl (C=O) groups is 2. The van der Waals surface area contributed by atoms with Crippen LogP contribution in [0.4, 0.5) is 43.0 Å². The van der Waals surface area contributed by atoms with E-state index < -0.39 is 58.9 Å². The topological polar surface area (TPSA) is 162 Å². The molecule has 0 saturated carbocycles. The van der Waals surface area contributed by atoms with Crippen molar-refractivity contribution >= 4 is 34.9 Å². The van der Waals surface area contributed by atoms with Gasteiger partial charge in [0.1, 0.15) is 29.5 Å². The van der Waals surface area contributed by atoms with Crippen LogP contribution < -0.4 is 15.5 Å². The molecule has 0 radical (unpaired) electrons. The second kappa shape index (κ2) is 14.2. The summed E-state index contributed by atoms with van der Waals surface area (Å²) in [6, 6.07) is 2.46. The number of nitrogens with zero attached hydrogens (tertiary/aromatic N) is 7. The van der Waals surface area contributed by atoms with Crippen molar-refractivity contribution < 1.29 is 46.1 Å². The normalized spacial score (nSPS) is 17.4. The minimum Gasteiger partial charge on any atom is -0.443 e. The van der Waals surface area contributed by atoms with E-state index in [9.17, 15) is 36.6 Å². The monoisotopic (exact) mass is 734 g/mol. The van der Waals surface area contributed by atoms with E-state index in [4.69, 9.17) is 15.2 Å². The van der Waals surface area contributed by atoms with Crippen molar-refractivity contribution in [2.75, 3.05) is 22.9 Å². The van der Waals surface area contributed by atoms with Gasteiger partial charge in [0.2, 0.25) is 0 Å². The average molecular weight is 735 g/mol. The first-order valence-electron chi connectivity index (χ1n) is 16.2. The molecule has 3 N–H and O–H groups in total. The lowest BCUT2D eigenvalue weighted by Gasteiger charge is -2.44. The van der Waals surface area contributed by atoms with E-state index in [0.717, 1.165) is 6.33 Å². The molecule has 0 spiro atoms. The summed E-state index contributed by atoms with van der Waals surface area (Å²) in [5.74, 6) is -4.04. The molecular formula is C34H39F5N8O5. The second-order valence-electron chi connectivity index (χ2n) is 14.5. The number of fused-ring (bicyclic) bond motifs is 1. The molecule has 0 aliphatic carbocycles. The largest absolute Gasteiger partial charge is 0.443 e. The van der Waals surface area contributed by atoms with Gasteiger partial charge < -0.3 is 29.8 Å². The Labute approximate surface area is 295 Å². The fourth-order valence-electron chi connectivity index (χ4n) is 5.77. The Bertz CT molecular complexity index is 1950. The minimum atomic E-state index is -3.10. The number of pyridine rings is 1. The lowest BCUT2D eigenvalue weighted by molar-refractivity contribution is -0.0529. The number of imide groups is 1. The summed E-state index contributed by atoms with van der Waals surface area (Å²) >= 11 is 0. The number of carbonyl (C=O) groups excluding carboxylic acids is 2. The molecule has 5 rings (SSSR count).